The first-order valence-corrected chi connectivity index (χ1v) is 6.83. The van der Waals surface area contributed by atoms with Crippen LogP contribution in [0.5, 0.6) is 5.75 Å². The fourth-order valence-electron chi connectivity index (χ4n) is 1.94. The molecule has 1 amide bonds. The highest BCUT2D eigenvalue weighted by Crippen LogP contribution is 2.16. The molecule has 0 saturated carbocycles. The van der Waals surface area contributed by atoms with Crippen LogP contribution < -0.4 is 10.1 Å². The van der Waals surface area contributed by atoms with E-state index in [1.165, 1.54) is 5.56 Å². The molecule has 0 unspecified atom stereocenters. The second-order valence-corrected chi connectivity index (χ2v) is 4.77. The molecule has 2 aromatic carbocycles. The van der Waals surface area contributed by atoms with Crippen molar-refractivity contribution in [2.75, 3.05) is 7.11 Å². The predicted molar refractivity (Wildman–Crippen MR) is 85.1 cm³/mol. The molecule has 0 aliphatic heterocycles. The molecule has 108 valence electrons. The number of hydrogen-bond donors (Lipinski definition) is 1. The van der Waals surface area contributed by atoms with Crippen molar-refractivity contribution in [2.24, 2.45) is 0 Å². The summed E-state index contributed by atoms with van der Waals surface area (Å²) >= 11 is 0. The predicted octanol–water partition coefficient (Wildman–Crippen LogP) is 3.33. The van der Waals surface area contributed by atoms with Crippen LogP contribution in [0.25, 0.3) is 6.08 Å². The molecule has 0 saturated heterocycles. The maximum atomic E-state index is 11.8. The summed E-state index contributed by atoms with van der Waals surface area (Å²) in [6, 6.07) is 15.7. The minimum absolute atomic E-state index is 0.124. The molecule has 0 bridgehead atoms. The number of hydrogen-bond acceptors (Lipinski definition) is 2. The van der Waals surface area contributed by atoms with Crippen LogP contribution in [0.2, 0.25) is 0 Å². The first-order valence-electron chi connectivity index (χ1n) is 6.83. The molecule has 3 heteroatoms. The van der Waals surface area contributed by atoms with Crippen LogP contribution in [0.3, 0.4) is 0 Å². The van der Waals surface area contributed by atoms with E-state index in [9.17, 15) is 4.79 Å². The fraction of sp³-hybridized carbons (Fsp3) is 0.167. The van der Waals surface area contributed by atoms with Crippen molar-refractivity contribution in [1.29, 1.82) is 0 Å². The average molecular weight is 281 g/mol. The maximum absolute atomic E-state index is 11.8. The summed E-state index contributed by atoms with van der Waals surface area (Å²) in [5, 5.41) is 2.85. The summed E-state index contributed by atoms with van der Waals surface area (Å²) in [6.07, 6.45) is 3.34. The molecule has 2 rings (SSSR count). The van der Waals surface area contributed by atoms with Gasteiger partial charge in [-0.05, 0) is 24.6 Å². The highest BCUT2D eigenvalue weighted by molar-refractivity contribution is 5.91. The van der Waals surface area contributed by atoms with Crippen LogP contribution >= 0.6 is 0 Å². The molecule has 0 radical (unpaired) electrons. The SMILES string of the molecule is COc1ccccc1CNC(=O)C=Cc1ccc(C)cc1. The minimum Gasteiger partial charge on any atom is -0.496 e. The first kappa shape index (κ1) is 14.9. The molecule has 0 spiro atoms. The molecule has 21 heavy (non-hydrogen) atoms. The number of methoxy groups -OCH3 is 1. The van der Waals surface area contributed by atoms with Crippen molar-refractivity contribution in [2.45, 2.75) is 13.5 Å². The number of rotatable bonds is 5. The molecule has 1 N–H and O–H groups in total. The highest BCUT2D eigenvalue weighted by Gasteiger charge is 2.02. The maximum Gasteiger partial charge on any atom is 0.244 e. The number of aryl methyl sites for hydroxylation is 1. The Kier molecular flexibility index (Phi) is 5.16. The molecule has 0 aromatic heterocycles. The Morgan fingerprint density at radius 3 is 2.57 bits per heavy atom. The van der Waals surface area contributed by atoms with Gasteiger partial charge < -0.3 is 10.1 Å². The third-order valence-electron chi connectivity index (χ3n) is 3.15. The topological polar surface area (TPSA) is 38.3 Å². The van der Waals surface area contributed by atoms with E-state index in [0.29, 0.717) is 6.54 Å². The normalized spacial score (nSPS) is 10.6. The molecule has 0 aliphatic carbocycles. The van der Waals surface area contributed by atoms with E-state index in [1.807, 2.05) is 55.5 Å². The van der Waals surface area contributed by atoms with Crippen molar-refractivity contribution in [3.8, 4) is 5.75 Å². The van der Waals surface area contributed by atoms with Gasteiger partial charge in [-0.1, -0.05) is 48.0 Å². The van der Waals surface area contributed by atoms with Gasteiger partial charge in [0.1, 0.15) is 5.75 Å². The zero-order valence-corrected chi connectivity index (χ0v) is 12.3. The number of carbonyl (C=O) groups excluding carboxylic acids is 1. The first-order chi connectivity index (χ1) is 10.2. The van der Waals surface area contributed by atoms with Crippen LogP contribution in [-0.4, -0.2) is 13.0 Å². The Balaban J connectivity index is 1.91. The van der Waals surface area contributed by atoms with E-state index in [4.69, 9.17) is 4.74 Å². The van der Waals surface area contributed by atoms with Gasteiger partial charge in [-0.25, -0.2) is 0 Å². The second-order valence-electron chi connectivity index (χ2n) is 4.77. The quantitative estimate of drug-likeness (QED) is 0.854. The smallest absolute Gasteiger partial charge is 0.244 e. The van der Waals surface area contributed by atoms with Crippen LogP contribution in [0.15, 0.2) is 54.6 Å². The van der Waals surface area contributed by atoms with E-state index in [-0.39, 0.29) is 5.91 Å². The van der Waals surface area contributed by atoms with Gasteiger partial charge in [0.25, 0.3) is 0 Å². The number of carbonyl (C=O) groups is 1. The van der Waals surface area contributed by atoms with Gasteiger partial charge in [-0.2, -0.15) is 0 Å². The van der Waals surface area contributed by atoms with Crippen molar-refractivity contribution >= 4 is 12.0 Å². The summed E-state index contributed by atoms with van der Waals surface area (Å²) in [7, 11) is 1.62. The molecule has 0 atom stereocenters. The van der Waals surface area contributed by atoms with Gasteiger partial charge in [0.05, 0.1) is 7.11 Å². The van der Waals surface area contributed by atoms with Gasteiger partial charge in [0.2, 0.25) is 5.91 Å². The Morgan fingerprint density at radius 1 is 1.14 bits per heavy atom. The summed E-state index contributed by atoms with van der Waals surface area (Å²) < 4.78 is 5.25. The lowest BCUT2D eigenvalue weighted by atomic mass is 10.1. The van der Waals surface area contributed by atoms with Crippen LogP contribution in [0, 0.1) is 6.92 Å². The summed E-state index contributed by atoms with van der Waals surface area (Å²) in [5.41, 5.74) is 3.16. The summed E-state index contributed by atoms with van der Waals surface area (Å²) in [6.45, 7) is 2.48. The van der Waals surface area contributed by atoms with Crippen molar-refractivity contribution < 1.29 is 9.53 Å². The largest absolute Gasteiger partial charge is 0.496 e. The average Bonchev–Trinajstić information content (AvgIpc) is 2.52. The van der Waals surface area contributed by atoms with Crippen LogP contribution in [0.4, 0.5) is 0 Å². The number of benzene rings is 2. The lowest BCUT2D eigenvalue weighted by Gasteiger charge is -2.08. The molecule has 0 aliphatic rings. The molecule has 2 aromatic rings. The zero-order chi connectivity index (χ0) is 15.1. The van der Waals surface area contributed by atoms with Gasteiger partial charge in [0.15, 0.2) is 0 Å². The van der Waals surface area contributed by atoms with E-state index in [0.717, 1.165) is 16.9 Å². The number of para-hydroxylation sites is 1. The minimum atomic E-state index is -0.124. The fourth-order valence-corrected chi connectivity index (χ4v) is 1.94. The molecule has 0 heterocycles. The van der Waals surface area contributed by atoms with Gasteiger partial charge in [0, 0.05) is 18.2 Å². The number of amides is 1. The Morgan fingerprint density at radius 2 is 1.86 bits per heavy atom. The zero-order valence-electron chi connectivity index (χ0n) is 12.3. The van der Waals surface area contributed by atoms with E-state index in [1.54, 1.807) is 19.3 Å². The third kappa shape index (κ3) is 4.49. The summed E-state index contributed by atoms with van der Waals surface area (Å²) in [5.74, 6) is 0.654. The van der Waals surface area contributed by atoms with Crippen LogP contribution in [-0.2, 0) is 11.3 Å². The molecular weight excluding hydrogens is 262 g/mol. The van der Waals surface area contributed by atoms with E-state index < -0.39 is 0 Å². The van der Waals surface area contributed by atoms with Gasteiger partial charge >= 0.3 is 0 Å². The van der Waals surface area contributed by atoms with Gasteiger partial charge in [-0.15, -0.1) is 0 Å². The van der Waals surface area contributed by atoms with E-state index in [2.05, 4.69) is 5.32 Å². The van der Waals surface area contributed by atoms with Crippen molar-refractivity contribution in [3.05, 3.63) is 71.3 Å². The standard InChI is InChI=1S/C18H19NO2/c1-14-7-9-15(10-8-14)11-12-18(20)19-13-16-5-3-4-6-17(16)21-2/h3-12H,13H2,1-2H3,(H,19,20). The van der Waals surface area contributed by atoms with Crippen molar-refractivity contribution in [3.63, 3.8) is 0 Å². The third-order valence-corrected chi connectivity index (χ3v) is 3.15. The van der Waals surface area contributed by atoms with E-state index >= 15 is 0 Å². The molecule has 3 nitrogen and oxygen atoms in total. The lowest BCUT2D eigenvalue weighted by molar-refractivity contribution is -0.116. The molecular formula is C18H19NO2. The Hall–Kier alpha value is -2.55. The van der Waals surface area contributed by atoms with Crippen LogP contribution in [0.1, 0.15) is 16.7 Å². The summed E-state index contributed by atoms with van der Waals surface area (Å²) in [4.78, 5) is 11.8. The highest BCUT2D eigenvalue weighted by atomic mass is 16.5. The number of ether oxygens (including phenoxy) is 1. The molecule has 0 fully saturated rings. The van der Waals surface area contributed by atoms with Crippen molar-refractivity contribution in [1.82, 2.24) is 5.32 Å². The second kappa shape index (κ2) is 7.29. The Bertz CT molecular complexity index is 630. The Labute approximate surface area is 125 Å². The monoisotopic (exact) mass is 281 g/mol. The number of nitrogens with one attached hydrogen (secondary N) is 1. The van der Waals surface area contributed by atoms with Gasteiger partial charge in [-0.3, -0.25) is 4.79 Å². The lowest BCUT2D eigenvalue weighted by Crippen LogP contribution is -2.20.